The molecule has 0 fully saturated rings. The first-order valence-electron chi connectivity index (χ1n) is 6.95. The van der Waals surface area contributed by atoms with Gasteiger partial charge < -0.3 is 14.8 Å². The second kappa shape index (κ2) is 9.19. The molecule has 9 heteroatoms. The van der Waals surface area contributed by atoms with Crippen molar-refractivity contribution in [2.75, 3.05) is 6.54 Å². The molecule has 0 atom stereocenters. The smallest absolute Gasteiger partial charge is 0.259 e. The van der Waals surface area contributed by atoms with Crippen LogP contribution in [0.1, 0.15) is 11.3 Å². The summed E-state index contributed by atoms with van der Waals surface area (Å²) in [5.41, 5.74) is 2.66. The van der Waals surface area contributed by atoms with Gasteiger partial charge in [0.05, 0.1) is 23.5 Å². The third-order valence-corrected chi connectivity index (χ3v) is 3.88. The van der Waals surface area contributed by atoms with E-state index >= 15 is 0 Å². The Kier molecular flexibility index (Phi) is 6.96. The summed E-state index contributed by atoms with van der Waals surface area (Å²) >= 11 is 6.48. The maximum absolute atomic E-state index is 11.6. The van der Waals surface area contributed by atoms with E-state index in [-0.39, 0.29) is 12.3 Å². The van der Waals surface area contributed by atoms with E-state index in [1.165, 1.54) is 24.6 Å². The van der Waals surface area contributed by atoms with Gasteiger partial charge in [-0.15, -0.1) is 0 Å². The normalized spacial score (nSPS) is 11.1. The molecule has 2 aromatic rings. The first-order valence-corrected chi connectivity index (χ1v) is 8.53. The minimum atomic E-state index is -0.510. The lowest BCUT2D eigenvalue weighted by atomic mass is 10.2. The zero-order chi connectivity index (χ0) is 18.2. The molecule has 1 aromatic heterocycles. The van der Waals surface area contributed by atoms with Crippen molar-refractivity contribution in [2.45, 2.75) is 0 Å². The van der Waals surface area contributed by atoms with E-state index in [1.807, 2.05) is 0 Å². The third-order valence-electron chi connectivity index (χ3n) is 2.82. The van der Waals surface area contributed by atoms with Crippen LogP contribution in [0, 0.1) is 0 Å². The average Bonchev–Trinajstić information content (AvgIpc) is 3.09. The number of nitrogens with one attached hydrogen (secondary N) is 2. The number of furan rings is 1. The Morgan fingerprint density at radius 1 is 1.32 bits per heavy atom. The Hall–Kier alpha value is -2.39. The summed E-state index contributed by atoms with van der Waals surface area (Å²) in [5.74, 6) is -0.421. The fraction of sp³-hybridized carbons (Fsp3) is 0.0625. The SMILES string of the molecule is O=C(C=Cc1ccco1)NCC(=O)N/N=C/c1cc(Br)cc(Br)c1O. The highest BCUT2D eigenvalue weighted by molar-refractivity contribution is 9.11. The van der Waals surface area contributed by atoms with Crippen molar-refractivity contribution < 1.29 is 19.1 Å². The Balaban J connectivity index is 1.80. The van der Waals surface area contributed by atoms with Gasteiger partial charge in [-0.3, -0.25) is 9.59 Å². The molecule has 2 rings (SSSR count). The number of halogens is 2. The van der Waals surface area contributed by atoms with E-state index in [4.69, 9.17) is 4.42 Å². The molecule has 0 unspecified atom stereocenters. The van der Waals surface area contributed by atoms with Crippen LogP contribution >= 0.6 is 31.9 Å². The van der Waals surface area contributed by atoms with Crippen molar-refractivity contribution in [2.24, 2.45) is 5.10 Å². The van der Waals surface area contributed by atoms with Gasteiger partial charge in [0.1, 0.15) is 11.5 Å². The van der Waals surface area contributed by atoms with Crippen LogP contribution in [0.2, 0.25) is 0 Å². The molecule has 3 N–H and O–H groups in total. The number of rotatable bonds is 6. The van der Waals surface area contributed by atoms with E-state index in [2.05, 4.69) is 47.7 Å². The van der Waals surface area contributed by atoms with Crippen LogP contribution in [0.4, 0.5) is 0 Å². The largest absolute Gasteiger partial charge is 0.506 e. The molecular weight excluding hydrogens is 458 g/mol. The predicted octanol–water partition coefficient (Wildman–Crippen LogP) is 2.79. The van der Waals surface area contributed by atoms with Crippen molar-refractivity contribution in [3.05, 3.63) is 56.9 Å². The number of hydrogen-bond acceptors (Lipinski definition) is 5. The lowest BCUT2D eigenvalue weighted by molar-refractivity contribution is -0.123. The number of hydrazone groups is 1. The third kappa shape index (κ3) is 6.20. The number of carbonyl (C=O) groups excluding carboxylic acids is 2. The zero-order valence-electron chi connectivity index (χ0n) is 12.7. The average molecular weight is 471 g/mol. The van der Waals surface area contributed by atoms with Crippen LogP contribution < -0.4 is 10.7 Å². The molecule has 2 amide bonds. The van der Waals surface area contributed by atoms with Crippen LogP contribution in [0.25, 0.3) is 6.08 Å². The molecule has 0 saturated carbocycles. The lowest BCUT2D eigenvalue weighted by Gasteiger charge is -2.03. The Morgan fingerprint density at radius 3 is 2.84 bits per heavy atom. The fourth-order valence-electron chi connectivity index (χ4n) is 1.67. The van der Waals surface area contributed by atoms with Crippen molar-refractivity contribution >= 4 is 56.0 Å². The molecule has 130 valence electrons. The summed E-state index contributed by atoms with van der Waals surface area (Å²) in [6.45, 7) is -0.243. The molecule has 0 aliphatic heterocycles. The van der Waals surface area contributed by atoms with Crippen molar-refractivity contribution in [1.29, 1.82) is 0 Å². The topological polar surface area (TPSA) is 104 Å². The van der Waals surface area contributed by atoms with E-state index < -0.39 is 11.8 Å². The van der Waals surface area contributed by atoms with Gasteiger partial charge in [0, 0.05) is 16.1 Å². The van der Waals surface area contributed by atoms with Gasteiger partial charge in [0.2, 0.25) is 5.91 Å². The molecule has 1 aromatic carbocycles. The highest BCUT2D eigenvalue weighted by Gasteiger charge is 2.06. The molecule has 7 nitrogen and oxygen atoms in total. The molecule has 0 saturated heterocycles. The summed E-state index contributed by atoms with van der Waals surface area (Å²) < 4.78 is 6.27. The molecule has 25 heavy (non-hydrogen) atoms. The van der Waals surface area contributed by atoms with Crippen molar-refractivity contribution in [1.82, 2.24) is 10.7 Å². The summed E-state index contributed by atoms with van der Waals surface area (Å²) in [6, 6.07) is 6.71. The standard InChI is InChI=1S/C16H13Br2N3O4/c17-11-6-10(16(24)13(18)7-11)8-20-21-15(23)9-19-14(22)4-3-12-2-1-5-25-12/h1-8,24H,9H2,(H,19,22)(H,21,23)/b4-3?,20-8+. The molecule has 0 bridgehead atoms. The lowest BCUT2D eigenvalue weighted by Crippen LogP contribution is -2.34. The van der Waals surface area contributed by atoms with Gasteiger partial charge in [0.25, 0.3) is 5.91 Å². The number of amides is 2. The maximum Gasteiger partial charge on any atom is 0.259 e. The Morgan fingerprint density at radius 2 is 2.12 bits per heavy atom. The molecular formula is C16H13Br2N3O4. The fourth-order valence-corrected chi connectivity index (χ4v) is 2.93. The number of carbonyl (C=O) groups is 2. The Bertz CT molecular complexity index is 817. The van der Waals surface area contributed by atoms with Crippen LogP contribution in [0.15, 0.2) is 55.1 Å². The number of phenols is 1. The molecule has 1 heterocycles. The minimum absolute atomic E-state index is 0.00225. The highest BCUT2D eigenvalue weighted by atomic mass is 79.9. The van der Waals surface area contributed by atoms with Gasteiger partial charge >= 0.3 is 0 Å². The molecule has 0 spiro atoms. The first-order chi connectivity index (χ1) is 12.0. The van der Waals surface area contributed by atoms with Gasteiger partial charge in [-0.2, -0.15) is 5.10 Å². The molecule has 0 aliphatic carbocycles. The van der Waals surface area contributed by atoms with Crippen LogP contribution in [0.5, 0.6) is 5.75 Å². The van der Waals surface area contributed by atoms with E-state index in [1.54, 1.807) is 24.3 Å². The van der Waals surface area contributed by atoms with E-state index in [9.17, 15) is 14.7 Å². The molecule has 0 radical (unpaired) electrons. The first kappa shape index (κ1) is 18.9. The van der Waals surface area contributed by atoms with Gasteiger partial charge in [-0.1, -0.05) is 15.9 Å². The molecule has 0 aliphatic rings. The highest BCUT2D eigenvalue weighted by Crippen LogP contribution is 2.30. The second-order valence-corrected chi connectivity index (χ2v) is 6.46. The van der Waals surface area contributed by atoms with E-state index in [0.29, 0.717) is 15.8 Å². The second-order valence-electron chi connectivity index (χ2n) is 4.69. The van der Waals surface area contributed by atoms with E-state index in [0.717, 1.165) is 4.47 Å². The number of aromatic hydroxyl groups is 1. The van der Waals surface area contributed by atoms with Gasteiger partial charge in [0.15, 0.2) is 0 Å². The number of phenolic OH excluding ortho intramolecular Hbond substituents is 1. The summed E-state index contributed by atoms with van der Waals surface area (Å²) in [4.78, 5) is 23.2. The van der Waals surface area contributed by atoms with Crippen LogP contribution in [-0.2, 0) is 9.59 Å². The van der Waals surface area contributed by atoms with Crippen molar-refractivity contribution in [3.8, 4) is 5.75 Å². The zero-order valence-corrected chi connectivity index (χ0v) is 15.9. The Labute approximate surface area is 160 Å². The van der Waals surface area contributed by atoms with Crippen LogP contribution in [0.3, 0.4) is 0 Å². The quantitative estimate of drug-likeness (QED) is 0.343. The predicted molar refractivity (Wildman–Crippen MR) is 100.0 cm³/mol. The van der Waals surface area contributed by atoms with Crippen molar-refractivity contribution in [3.63, 3.8) is 0 Å². The van der Waals surface area contributed by atoms with Gasteiger partial charge in [-0.25, -0.2) is 5.43 Å². The number of nitrogens with zero attached hydrogens (tertiary/aromatic N) is 1. The minimum Gasteiger partial charge on any atom is -0.506 e. The number of benzene rings is 1. The van der Waals surface area contributed by atoms with Gasteiger partial charge in [-0.05, 0) is 46.3 Å². The summed E-state index contributed by atoms with van der Waals surface area (Å²) in [7, 11) is 0. The summed E-state index contributed by atoms with van der Waals surface area (Å²) in [6.07, 6.45) is 5.53. The summed E-state index contributed by atoms with van der Waals surface area (Å²) in [5, 5.41) is 16.0. The monoisotopic (exact) mass is 469 g/mol. The van der Waals surface area contributed by atoms with Crippen LogP contribution in [-0.4, -0.2) is 29.7 Å². The maximum atomic E-state index is 11.6. The number of hydrogen-bond donors (Lipinski definition) is 3.